The molecule has 1 aromatic carbocycles. The number of benzene rings is 1. The number of anilines is 1. The van der Waals surface area contributed by atoms with Crippen molar-refractivity contribution in [1.82, 2.24) is 0 Å². The van der Waals surface area contributed by atoms with Crippen molar-refractivity contribution in [3.63, 3.8) is 0 Å². The summed E-state index contributed by atoms with van der Waals surface area (Å²) in [6, 6.07) is 8.83. The molecule has 1 saturated heterocycles. The Hall–Kier alpha value is -1.55. The van der Waals surface area contributed by atoms with Crippen molar-refractivity contribution in [2.75, 3.05) is 24.7 Å². The molecule has 2 unspecified atom stereocenters. The number of carboxylic acids is 1. The maximum absolute atomic E-state index is 11.2. The lowest BCUT2D eigenvalue weighted by molar-refractivity contribution is -0.141. The van der Waals surface area contributed by atoms with Crippen LogP contribution in [-0.4, -0.2) is 36.9 Å². The standard InChI is InChI=1S/C18H25NO3/c1-13(18(20)21)10-16-11-15-4-2-3-5-17(15)19(16)12-14-6-8-22-9-7-14/h2-5,13-14,16H,6-12H2,1H3,(H,20,21). The second kappa shape index (κ2) is 6.69. The number of rotatable bonds is 5. The average Bonchev–Trinajstić information content (AvgIpc) is 2.86. The van der Waals surface area contributed by atoms with E-state index in [9.17, 15) is 9.90 Å². The van der Waals surface area contributed by atoms with E-state index in [0.29, 0.717) is 18.4 Å². The summed E-state index contributed by atoms with van der Waals surface area (Å²) in [5.74, 6) is -0.332. The number of ether oxygens (including phenoxy) is 1. The van der Waals surface area contributed by atoms with Crippen molar-refractivity contribution in [3.8, 4) is 0 Å². The Bertz CT molecular complexity index is 525. The van der Waals surface area contributed by atoms with Gasteiger partial charge in [0.25, 0.3) is 0 Å². The molecule has 1 fully saturated rings. The van der Waals surface area contributed by atoms with Crippen LogP contribution >= 0.6 is 0 Å². The van der Waals surface area contributed by atoms with E-state index >= 15 is 0 Å². The number of carbonyl (C=O) groups is 1. The number of para-hydroxylation sites is 1. The summed E-state index contributed by atoms with van der Waals surface area (Å²) in [6.45, 7) is 4.56. The van der Waals surface area contributed by atoms with E-state index < -0.39 is 5.97 Å². The number of fused-ring (bicyclic) bond motifs is 1. The van der Waals surface area contributed by atoms with Crippen LogP contribution in [0.1, 0.15) is 31.7 Å². The van der Waals surface area contributed by atoms with Crippen LogP contribution in [0.4, 0.5) is 5.69 Å². The smallest absolute Gasteiger partial charge is 0.306 e. The van der Waals surface area contributed by atoms with Gasteiger partial charge in [0.05, 0.1) is 5.92 Å². The van der Waals surface area contributed by atoms with Crippen LogP contribution in [0, 0.1) is 11.8 Å². The Kier molecular flexibility index (Phi) is 4.67. The number of hydrogen-bond donors (Lipinski definition) is 1. The maximum atomic E-state index is 11.2. The number of carboxylic acid groups (broad SMARTS) is 1. The minimum atomic E-state index is -0.693. The van der Waals surface area contributed by atoms with Crippen molar-refractivity contribution in [3.05, 3.63) is 29.8 Å². The third kappa shape index (κ3) is 3.27. The Labute approximate surface area is 132 Å². The van der Waals surface area contributed by atoms with Gasteiger partial charge in [-0.1, -0.05) is 25.1 Å². The van der Waals surface area contributed by atoms with Gasteiger partial charge in [0.2, 0.25) is 0 Å². The summed E-state index contributed by atoms with van der Waals surface area (Å²) >= 11 is 0. The van der Waals surface area contributed by atoms with Crippen molar-refractivity contribution >= 4 is 11.7 Å². The topological polar surface area (TPSA) is 49.8 Å². The molecule has 2 aliphatic heterocycles. The molecule has 2 heterocycles. The molecule has 1 aromatic rings. The predicted octanol–water partition coefficient (Wildman–Crippen LogP) is 2.96. The van der Waals surface area contributed by atoms with Gasteiger partial charge in [0, 0.05) is 31.5 Å². The van der Waals surface area contributed by atoms with Gasteiger partial charge in [-0.05, 0) is 43.2 Å². The lowest BCUT2D eigenvalue weighted by atomic mass is 9.96. The molecule has 0 aliphatic carbocycles. The zero-order valence-electron chi connectivity index (χ0n) is 13.2. The second-order valence-corrected chi connectivity index (χ2v) is 6.67. The van der Waals surface area contributed by atoms with Gasteiger partial charge in [0.15, 0.2) is 0 Å². The van der Waals surface area contributed by atoms with Gasteiger partial charge in [-0.3, -0.25) is 4.79 Å². The summed E-state index contributed by atoms with van der Waals surface area (Å²) in [6.07, 6.45) is 3.91. The van der Waals surface area contributed by atoms with E-state index in [1.54, 1.807) is 0 Å². The van der Waals surface area contributed by atoms with Gasteiger partial charge < -0.3 is 14.7 Å². The summed E-state index contributed by atoms with van der Waals surface area (Å²) in [7, 11) is 0. The fraction of sp³-hybridized carbons (Fsp3) is 0.611. The molecule has 4 nitrogen and oxygen atoms in total. The summed E-state index contributed by atoms with van der Waals surface area (Å²) in [5.41, 5.74) is 2.66. The molecule has 1 N–H and O–H groups in total. The van der Waals surface area contributed by atoms with E-state index in [1.165, 1.54) is 11.3 Å². The Morgan fingerprint density at radius 3 is 2.82 bits per heavy atom. The normalized spacial score (nSPS) is 23.3. The lowest BCUT2D eigenvalue weighted by Gasteiger charge is -2.33. The van der Waals surface area contributed by atoms with Crippen LogP contribution in [0.15, 0.2) is 24.3 Å². The summed E-state index contributed by atoms with van der Waals surface area (Å²) in [4.78, 5) is 13.7. The van der Waals surface area contributed by atoms with E-state index in [2.05, 4.69) is 29.2 Å². The lowest BCUT2D eigenvalue weighted by Crippen LogP contribution is -2.39. The van der Waals surface area contributed by atoms with Crippen LogP contribution in [0.3, 0.4) is 0 Å². The number of hydrogen-bond acceptors (Lipinski definition) is 3. The van der Waals surface area contributed by atoms with Crippen molar-refractivity contribution in [2.45, 2.75) is 38.6 Å². The number of nitrogens with zero attached hydrogens (tertiary/aromatic N) is 1. The van der Waals surface area contributed by atoms with Gasteiger partial charge >= 0.3 is 5.97 Å². The van der Waals surface area contributed by atoms with E-state index in [4.69, 9.17) is 4.74 Å². The van der Waals surface area contributed by atoms with Gasteiger partial charge in [-0.25, -0.2) is 0 Å². The molecule has 0 aromatic heterocycles. The fourth-order valence-electron chi connectivity index (χ4n) is 3.70. The molecule has 120 valence electrons. The van der Waals surface area contributed by atoms with E-state index in [-0.39, 0.29) is 5.92 Å². The molecular formula is C18H25NO3. The average molecular weight is 303 g/mol. The maximum Gasteiger partial charge on any atom is 0.306 e. The molecule has 3 rings (SSSR count). The van der Waals surface area contributed by atoms with Crippen molar-refractivity contribution in [2.24, 2.45) is 11.8 Å². The molecular weight excluding hydrogens is 278 g/mol. The van der Waals surface area contributed by atoms with Crippen molar-refractivity contribution in [1.29, 1.82) is 0 Å². The first-order valence-corrected chi connectivity index (χ1v) is 8.30. The fourth-order valence-corrected chi connectivity index (χ4v) is 3.70. The minimum Gasteiger partial charge on any atom is -0.481 e. The molecule has 0 amide bonds. The van der Waals surface area contributed by atoms with Crippen LogP contribution in [0.5, 0.6) is 0 Å². The number of aliphatic carboxylic acids is 1. The third-order valence-corrected chi connectivity index (χ3v) is 5.04. The predicted molar refractivity (Wildman–Crippen MR) is 86.2 cm³/mol. The first-order valence-electron chi connectivity index (χ1n) is 8.30. The Morgan fingerprint density at radius 2 is 2.09 bits per heavy atom. The van der Waals surface area contributed by atoms with Crippen LogP contribution in [0.2, 0.25) is 0 Å². The summed E-state index contributed by atoms with van der Waals surface area (Å²) < 4.78 is 5.46. The first-order chi connectivity index (χ1) is 10.6. The van der Waals surface area contributed by atoms with Gasteiger partial charge in [-0.15, -0.1) is 0 Å². The minimum absolute atomic E-state index is 0.295. The van der Waals surface area contributed by atoms with Gasteiger partial charge in [-0.2, -0.15) is 0 Å². The highest BCUT2D eigenvalue weighted by molar-refractivity contribution is 5.70. The molecule has 0 saturated carbocycles. The molecule has 0 spiro atoms. The zero-order chi connectivity index (χ0) is 15.5. The molecule has 2 atom stereocenters. The third-order valence-electron chi connectivity index (χ3n) is 5.04. The first kappa shape index (κ1) is 15.3. The molecule has 0 radical (unpaired) electrons. The molecule has 4 heteroatoms. The largest absolute Gasteiger partial charge is 0.481 e. The SMILES string of the molecule is CC(CC1Cc2ccccc2N1CC1CCOCC1)C(=O)O. The Balaban J connectivity index is 1.75. The highest BCUT2D eigenvalue weighted by Gasteiger charge is 2.33. The van der Waals surface area contributed by atoms with E-state index in [0.717, 1.165) is 39.0 Å². The van der Waals surface area contributed by atoms with Crippen molar-refractivity contribution < 1.29 is 14.6 Å². The monoisotopic (exact) mass is 303 g/mol. The highest BCUT2D eigenvalue weighted by Crippen LogP contribution is 2.36. The second-order valence-electron chi connectivity index (χ2n) is 6.67. The molecule has 2 aliphatic rings. The van der Waals surface area contributed by atoms with Crippen LogP contribution in [0.25, 0.3) is 0 Å². The molecule has 0 bridgehead atoms. The van der Waals surface area contributed by atoms with Gasteiger partial charge in [0.1, 0.15) is 0 Å². The molecule has 22 heavy (non-hydrogen) atoms. The van der Waals surface area contributed by atoms with Crippen LogP contribution < -0.4 is 4.90 Å². The van der Waals surface area contributed by atoms with E-state index in [1.807, 2.05) is 6.92 Å². The zero-order valence-corrected chi connectivity index (χ0v) is 13.2. The van der Waals surface area contributed by atoms with Crippen LogP contribution in [-0.2, 0) is 16.0 Å². The Morgan fingerprint density at radius 1 is 1.36 bits per heavy atom. The summed E-state index contributed by atoms with van der Waals surface area (Å²) in [5, 5.41) is 9.23. The highest BCUT2D eigenvalue weighted by atomic mass is 16.5. The quantitative estimate of drug-likeness (QED) is 0.908.